The van der Waals surface area contributed by atoms with Crippen LogP contribution in [0.1, 0.15) is 33.2 Å². The molecule has 0 amide bonds. The van der Waals surface area contributed by atoms with E-state index in [9.17, 15) is 19.7 Å². The van der Waals surface area contributed by atoms with Crippen LogP contribution in [0.15, 0.2) is 42.5 Å². The number of nitrogens with one attached hydrogen (secondary N) is 1. The van der Waals surface area contributed by atoms with Gasteiger partial charge in [0.05, 0.1) is 17.1 Å². The van der Waals surface area contributed by atoms with Gasteiger partial charge in [-0.2, -0.15) is 0 Å². The first-order valence-electron chi connectivity index (χ1n) is 8.76. The Morgan fingerprint density at radius 3 is 2.39 bits per heavy atom. The molecule has 0 aliphatic heterocycles. The van der Waals surface area contributed by atoms with Gasteiger partial charge in [-0.1, -0.05) is 31.2 Å². The van der Waals surface area contributed by atoms with Crippen LogP contribution < -0.4 is 5.32 Å². The number of carbonyl (C=O) groups excluding carboxylic acids is 2. The Balaban J connectivity index is 2.03. The number of rotatable bonds is 10. The van der Waals surface area contributed by atoms with Crippen LogP contribution in [0.4, 0.5) is 11.4 Å². The number of esters is 1. The van der Waals surface area contributed by atoms with Gasteiger partial charge in [0.15, 0.2) is 12.4 Å². The van der Waals surface area contributed by atoms with Gasteiger partial charge in [-0.25, -0.2) is 4.79 Å². The quantitative estimate of drug-likeness (QED) is 0.219. The van der Waals surface area contributed by atoms with Crippen molar-refractivity contribution in [3.05, 3.63) is 69.3 Å². The fourth-order valence-corrected chi connectivity index (χ4v) is 2.47. The van der Waals surface area contributed by atoms with Gasteiger partial charge in [0.2, 0.25) is 0 Å². The third kappa shape index (κ3) is 5.62. The molecule has 0 saturated heterocycles. The Kier molecular flexibility index (Phi) is 7.65. The van der Waals surface area contributed by atoms with Crippen molar-refractivity contribution >= 4 is 23.1 Å². The standard InChI is InChI=1S/C20H22N2O6/c1-3-14-4-6-15(7-5-14)19(23)13-28-20(24)16-8-9-17(21-10-11-27-2)18(12-16)22(25)26/h4-9,12,21H,3,10-11,13H2,1-2H3. The molecule has 0 fully saturated rings. The van der Waals surface area contributed by atoms with E-state index in [1.54, 1.807) is 12.1 Å². The zero-order valence-corrected chi connectivity index (χ0v) is 15.8. The highest BCUT2D eigenvalue weighted by Crippen LogP contribution is 2.25. The summed E-state index contributed by atoms with van der Waals surface area (Å²) in [4.78, 5) is 35.0. The van der Waals surface area contributed by atoms with Crippen LogP contribution in [-0.2, 0) is 15.9 Å². The molecule has 8 heteroatoms. The molecule has 28 heavy (non-hydrogen) atoms. The molecule has 0 aliphatic carbocycles. The molecule has 2 aromatic carbocycles. The van der Waals surface area contributed by atoms with Gasteiger partial charge in [0.25, 0.3) is 5.69 Å². The van der Waals surface area contributed by atoms with Crippen LogP contribution in [0.5, 0.6) is 0 Å². The van der Waals surface area contributed by atoms with Crippen molar-refractivity contribution in [2.24, 2.45) is 0 Å². The van der Waals surface area contributed by atoms with E-state index in [0.29, 0.717) is 18.7 Å². The second-order valence-corrected chi connectivity index (χ2v) is 5.96. The molecule has 1 N–H and O–H groups in total. The summed E-state index contributed by atoms with van der Waals surface area (Å²) in [5.74, 6) is -1.14. The molecule has 2 aromatic rings. The molecule has 0 unspecified atom stereocenters. The zero-order valence-electron chi connectivity index (χ0n) is 15.8. The number of nitrogens with zero attached hydrogens (tertiary/aromatic N) is 1. The summed E-state index contributed by atoms with van der Waals surface area (Å²) in [7, 11) is 1.52. The molecule has 8 nitrogen and oxygen atoms in total. The fraction of sp³-hybridized carbons (Fsp3) is 0.300. The van der Waals surface area contributed by atoms with Crippen LogP contribution >= 0.6 is 0 Å². The van der Waals surface area contributed by atoms with Crippen LogP contribution in [0.3, 0.4) is 0 Å². The molecule has 2 rings (SSSR count). The third-order valence-corrected chi connectivity index (χ3v) is 4.07. The van der Waals surface area contributed by atoms with E-state index in [2.05, 4.69) is 5.32 Å². The first-order valence-corrected chi connectivity index (χ1v) is 8.76. The number of hydrogen-bond acceptors (Lipinski definition) is 7. The topological polar surface area (TPSA) is 108 Å². The van der Waals surface area contributed by atoms with E-state index in [-0.39, 0.29) is 22.7 Å². The zero-order chi connectivity index (χ0) is 20.5. The number of methoxy groups -OCH3 is 1. The maximum absolute atomic E-state index is 12.2. The molecule has 0 heterocycles. The number of nitro benzene ring substituents is 1. The third-order valence-electron chi connectivity index (χ3n) is 4.07. The SMILES string of the molecule is CCc1ccc(C(=O)COC(=O)c2ccc(NCCOC)c([N+](=O)[O-])c2)cc1. The minimum Gasteiger partial charge on any atom is -0.454 e. The predicted octanol–water partition coefficient (Wildman–Crippen LogP) is 3.26. The van der Waals surface area contributed by atoms with Crippen LogP contribution in [0, 0.1) is 10.1 Å². The molecule has 148 valence electrons. The monoisotopic (exact) mass is 386 g/mol. The Bertz CT molecular complexity index is 848. The number of ether oxygens (including phenoxy) is 2. The number of ketones is 1. The van der Waals surface area contributed by atoms with Crippen molar-refractivity contribution in [3.63, 3.8) is 0 Å². The maximum Gasteiger partial charge on any atom is 0.338 e. The number of aryl methyl sites for hydroxylation is 1. The van der Waals surface area contributed by atoms with E-state index in [1.807, 2.05) is 19.1 Å². The summed E-state index contributed by atoms with van der Waals surface area (Å²) in [6, 6.07) is 11.0. The number of anilines is 1. The Morgan fingerprint density at radius 2 is 1.79 bits per heavy atom. The highest BCUT2D eigenvalue weighted by atomic mass is 16.6. The van der Waals surface area contributed by atoms with Gasteiger partial charge in [-0.05, 0) is 24.1 Å². The van der Waals surface area contributed by atoms with Crippen molar-refractivity contribution in [3.8, 4) is 0 Å². The van der Waals surface area contributed by atoms with Crippen LogP contribution in [0.2, 0.25) is 0 Å². The van der Waals surface area contributed by atoms with Gasteiger partial charge in [-0.15, -0.1) is 0 Å². The summed E-state index contributed by atoms with van der Waals surface area (Å²) in [6.45, 7) is 2.33. The summed E-state index contributed by atoms with van der Waals surface area (Å²) < 4.78 is 9.91. The number of carbonyl (C=O) groups is 2. The smallest absolute Gasteiger partial charge is 0.338 e. The lowest BCUT2D eigenvalue weighted by Gasteiger charge is -2.09. The number of nitro groups is 1. The van der Waals surface area contributed by atoms with Gasteiger partial charge in [-0.3, -0.25) is 14.9 Å². The Labute approximate surface area is 162 Å². The highest BCUT2D eigenvalue weighted by molar-refractivity contribution is 5.99. The fourth-order valence-electron chi connectivity index (χ4n) is 2.47. The lowest BCUT2D eigenvalue weighted by Crippen LogP contribution is -2.15. The molecular formula is C20H22N2O6. The number of hydrogen-bond donors (Lipinski definition) is 1. The molecule has 0 aromatic heterocycles. The van der Waals surface area contributed by atoms with Crippen molar-refractivity contribution in [2.75, 3.05) is 32.2 Å². The normalized spacial score (nSPS) is 10.4. The van der Waals surface area contributed by atoms with Gasteiger partial charge in [0.1, 0.15) is 5.69 Å². The molecule has 0 radical (unpaired) electrons. The second kappa shape index (κ2) is 10.2. The highest BCUT2D eigenvalue weighted by Gasteiger charge is 2.19. The molecule has 0 atom stereocenters. The molecule has 0 saturated carbocycles. The maximum atomic E-state index is 12.2. The summed E-state index contributed by atoms with van der Waals surface area (Å²) in [5, 5.41) is 14.1. The van der Waals surface area contributed by atoms with Gasteiger partial charge in [0, 0.05) is 25.3 Å². The molecular weight excluding hydrogens is 364 g/mol. The minimum atomic E-state index is -0.801. The van der Waals surface area contributed by atoms with Crippen LogP contribution in [-0.4, -0.2) is 43.5 Å². The van der Waals surface area contributed by atoms with Crippen molar-refractivity contribution in [2.45, 2.75) is 13.3 Å². The Morgan fingerprint density at radius 1 is 1.11 bits per heavy atom. The first-order chi connectivity index (χ1) is 13.5. The first kappa shape index (κ1) is 21.0. The largest absolute Gasteiger partial charge is 0.454 e. The second-order valence-electron chi connectivity index (χ2n) is 5.96. The van der Waals surface area contributed by atoms with Gasteiger partial charge >= 0.3 is 5.97 Å². The lowest BCUT2D eigenvalue weighted by atomic mass is 10.1. The Hall–Kier alpha value is -3.26. The van der Waals surface area contributed by atoms with E-state index in [0.717, 1.165) is 18.1 Å². The molecule has 0 spiro atoms. The summed E-state index contributed by atoms with van der Waals surface area (Å²) >= 11 is 0. The van der Waals surface area contributed by atoms with E-state index in [1.165, 1.54) is 19.2 Å². The lowest BCUT2D eigenvalue weighted by molar-refractivity contribution is -0.384. The van der Waals surface area contributed by atoms with E-state index in [4.69, 9.17) is 9.47 Å². The van der Waals surface area contributed by atoms with Crippen molar-refractivity contribution in [1.29, 1.82) is 0 Å². The number of Topliss-reactive ketones (excluding diaryl/α,β-unsaturated/α-hetero) is 1. The number of benzene rings is 2. The molecule has 0 aliphatic rings. The minimum absolute atomic E-state index is 0.00174. The van der Waals surface area contributed by atoms with Crippen molar-refractivity contribution < 1.29 is 24.0 Å². The summed E-state index contributed by atoms with van der Waals surface area (Å²) in [6.07, 6.45) is 0.860. The van der Waals surface area contributed by atoms with Gasteiger partial charge < -0.3 is 14.8 Å². The van der Waals surface area contributed by atoms with Crippen molar-refractivity contribution in [1.82, 2.24) is 0 Å². The summed E-state index contributed by atoms with van der Waals surface area (Å²) in [5.41, 5.74) is 1.55. The van der Waals surface area contributed by atoms with E-state index < -0.39 is 17.5 Å². The van der Waals surface area contributed by atoms with Crippen LogP contribution in [0.25, 0.3) is 0 Å². The van der Waals surface area contributed by atoms with E-state index >= 15 is 0 Å². The average molecular weight is 386 g/mol. The predicted molar refractivity (Wildman–Crippen MR) is 104 cm³/mol. The average Bonchev–Trinajstić information content (AvgIpc) is 2.72. The molecule has 0 bridgehead atoms.